The van der Waals surface area contributed by atoms with Crippen LogP contribution in [0.25, 0.3) is 0 Å². The molecule has 0 bridgehead atoms. The number of ether oxygens (including phenoxy) is 1. The van der Waals surface area contributed by atoms with Crippen LogP contribution in [0.15, 0.2) is 6.07 Å². The third-order valence-corrected chi connectivity index (χ3v) is 10.6. The Kier molecular flexibility index (Phi) is 5.33. The SMILES string of the molecule is CC(C)(C)[Si](C)(C)O[C@@H]1CCCC[C@H]1N1CCOc2cc(Cl)nnc21. The monoisotopic (exact) mass is 383 g/mol. The Hall–Kier alpha value is -0.853. The molecule has 3 rings (SSSR count). The van der Waals surface area contributed by atoms with Gasteiger partial charge in [-0.15, -0.1) is 10.2 Å². The van der Waals surface area contributed by atoms with Crippen molar-refractivity contribution < 1.29 is 9.16 Å². The molecular formula is C18H30ClN3O2Si. The molecule has 0 N–H and O–H groups in total. The van der Waals surface area contributed by atoms with E-state index in [1.807, 2.05) is 0 Å². The molecule has 5 nitrogen and oxygen atoms in total. The zero-order valence-electron chi connectivity index (χ0n) is 16.0. The van der Waals surface area contributed by atoms with Gasteiger partial charge in [-0.05, 0) is 31.0 Å². The highest BCUT2D eigenvalue weighted by Crippen LogP contribution is 2.41. The van der Waals surface area contributed by atoms with E-state index in [1.165, 1.54) is 12.8 Å². The van der Waals surface area contributed by atoms with Crippen LogP contribution >= 0.6 is 11.6 Å². The average molecular weight is 384 g/mol. The van der Waals surface area contributed by atoms with Crippen molar-refractivity contribution in [2.24, 2.45) is 0 Å². The van der Waals surface area contributed by atoms with Gasteiger partial charge in [-0.25, -0.2) is 0 Å². The van der Waals surface area contributed by atoms with Crippen molar-refractivity contribution in [1.82, 2.24) is 10.2 Å². The highest BCUT2D eigenvalue weighted by atomic mass is 35.5. The van der Waals surface area contributed by atoms with Crippen molar-refractivity contribution in [2.45, 2.75) is 76.7 Å². The molecule has 1 fully saturated rings. The number of halogens is 1. The lowest BCUT2D eigenvalue weighted by atomic mass is 9.91. The summed E-state index contributed by atoms with van der Waals surface area (Å²) in [6, 6.07) is 2.10. The van der Waals surface area contributed by atoms with Crippen molar-refractivity contribution in [1.29, 1.82) is 0 Å². The fourth-order valence-corrected chi connectivity index (χ4v) is 4.98. The number of aromatic nitrogens is 2. The summed E-state index contributed by atoms with van der Waals surface area (Å²) in [6.45, 7) is 13.1. The first-order valence-corrected chi connectivity index (χ1v) is 12.6. The van der Waals surface area contributed by atoms with Crippen molar-refractivity contribution in [3.05, 3.63) is 11.2 Å². The predicted molar refractivity (Wildman–Crippen MR) is 104 cm³/mol. The number of hydrogen-bond donors (Lipinski definition) is 0. The first-order valence-electron chi connectivity index (χ1n) is 9.29. The molecule has 1 aromatic rings. The molecule has 2 heterocycles. The Morgan fingerprint density at radius 1 is 1.24 bits per heavy atom. The number of fused-ring (bicyclic) bond motifs is 1. The van der Waals surface area contributed by atoms with E-state index in [-0.39, 0.29) is 11.1 Å². The number of nitrogens with zero attached hydrogens (tertiary/aromatic N) is 3. The molecule has 1 aliphatic heterocycles. The molecule has 0 amide bonds. The maximum atomic E-state index is 6.83. The largest absolute Gasteiger partial charge is 0.488 e. The minimum atomic E-state index is -1.81. The zero-order valence-corrected chi connectivity index (χ0v) is 17.8. The van der Waals surface area contributed by atoms with Crippen LogP contribution in [-0.2, 0) is 4.43 Å². The molecule has 1 aromatic heterocycles. The molecule has 0 unspecified atom stereocenters. The second kappa shape index (κ2) is 7.04. The van der Waals surface area contributed by atoms with Crippen LogP contribution in [0.1, 0.15) is 46.5 Å². The van der Waals surface area contributed by atoms with Gasteiger partial charge in [0.1, 0.15) is 6.61 Å². The number of anilines is 1. The van der Waals surface area contributed by atoms with E-state index in [2.05, 4.69) is 49.0 Å². The summed E-state index contributed by atoms with van der Waals surface area (Å²) in [5.74, 6) is 1.55. The van der Waals surface area contributed by atoms with E-state index >= 15 is 0 Å². The average Bonchev–Trinajstić information content (AvgIpc) is 2.53. The molecule has 0 spiro atoms. The summed E-state index contributed by atoms with van der Waals surface area (Å²) in [5, 5.41) is 8.95. The third-order valence-electron chi connectivity index (χ3n) is 5.89. The molecule has 1 saturated carbocycles. The highest BCUT2D eigenvalue weighted by Gasteiger charge is 2.43. The molecule has 0 aromatic carbocycles. The lowest BCUT2D eigenvalue weighted by Gasteiger charge is -2.47. The fourth-order valence-electron chi connectivity index (χ4n) is 3.46. The zero-order chi connectivity index (χ0) is 18.2. The van der Waals surface area contributed by atoms with Crippen molar-refractivity contribution in [3.8, 4) is 5.75 Å². The van der Waals surface area contributed by atoms with Gasteiger partial charge < -0.3 is 14.1 Å². The Labute approximate surface area is 157 Å². The molecule has 1 aliphatic carbocycles. The van der Waals surface area contributed by atoms with Gasteiger partial charge in [0.05, 0.1) is 18.7 Å². The van der Waals surface area contributed by atoms with E-state index in [0.717, 1.165) is 31.0 Å². The summed E-state index contributed by atoms with van der Waals surface area (Å²) in [6.07, 6.45) is 4.96. The van der Waals surface area contributed by atoms with Crippen LogP contribution in [0.5, 0.6) is 5.75 Å². The molecule has 0 saturated heterocycles. The van der Waals surface area contributed by atoms with Crippen LogP contribution in [-0.4, -0.2) is 43.8 Å². The summed E-state index contributed by atoms with van der Waals surface area (Å²) in [4.78, 5) is 2.35. The second-order valence-electron chi connectivity index (χ2n) is 8.67. The van der Waals surface area contributed by atoms with E-state index < -0.39 is 8.32 Å². The van der Waals surface area contributed by atoms with Crippen LogP contribution < -0.4 is 9.64 Å². The van der Waals surface area contributed by atoms with Crippen LogP contribution in [0.4, 0.5) is 5.82 Å². The van der Waals surface area contributed by atoms with Gasteiger partial charge in [-0.3, -0.25) is 0 Å². The molecule has 25 heavy (non-hydrogen) atoms. The quantitative estimate of drug-likeness (QED) is 0.710. The fraction of sp³-hybridized carbons (Fsp3) is 0.778. The standard InChI is InChI=1S/C18H30ClN3O2Si/c1-18(2,3)25(4,5)24-14-9-7-6-8-13(14)22-10-11-23-15-12-16(19)20-21-17(15)22/h12-14H,6-11H2,1-5H3/t13-,14-/m1/s1. The minimum absolute atomic E-state index is 0.214. The lowest BCUT2D eigenvalue weighted by Crippen LogP contribution is -2.54. The third kappa shape index (κ3) is 3.96. The molecule has 2 atom stereocenters. The maximum absolute atomic E-state index is 6.83. The smallest absolute Gasteiger partial charge is 0.194 e. The summed E-state index contributed by atoms with van der Waals surface area (Å²) >= 11 is 5.98. The van der Waals surface area contributed by atoms with Gasteiger partial charge in [0.25, 0.3) is 0 Å². The maximum Gasteiger partial charge on any atom is 0.194 e. The van der Waals surface area contributed by atoms with E-state index in [9.17, 15) is 0 Å². The van der Waals surface area contributed by atoms with Crippen molar-refractivity contribution in [3.63, 3.8) is 0 Å². The molecule has 140 valence electrons. The lowest BCUT2D eigenvalue weighted by molar-refractivity contribution is 0.108. The first-order chi connectivity index (χ1) is 11.7. The van der Waals surface area contributed by atoms with Gasteiger partial charge in [0.15, 0.2) is 25.0 Å². The Bertz CT molecular complexity index is 621. The van der Waals surface area contributed by atoms with Gasteiger partial charge in [0, 0.05) is 6.07 Å². The van der Waals surface area contributed by atoms with Gasteiger partial charge >= 0.3 is 0 Å². The van der Waals surface area contributed by atoms with Gasteiger partial charge in [-0.2, -0.15) is 0 Å². The van der Waals surface area contributed by atoms with Gasteiger partial charge in [0.2, 0.25) is 0 Å². The van der Waals surface area contributed by atoms with E-state index in [1.54, 1.807) is 6.07 Å². The number of hydrogen-bond acceptors (Lipinski definition) is 5. The van der Waals surface area contributed by atoms with Gasteiger partial charge in [-0.1, -0.05) is 45.2 Å². The van der Waals surface area contributed by atoms with E-state index in [0.29, 0.717) is 17.8 Å². The Morgan fingerprint density at radius 2 is 1.96 bits per heavy atom. The molecule has 2 aliphatic rings. The summed E-state index contributed by atoms with van der Waals surface area (Å²) < 4.78 is 12.6. The number of rotatable bonds is 3. The molecule has 7 heteroatoms. The summed E-state index contributed by atoms with van der Waals surface area (Å²) in [5.41, 5.74) is 0. The van der Waals surface area contributed by atoms with Crippen molar-refractivity contribution >= 4 is 25.7 Å². The topological polar surface area (TPSA) is 47.5 Å². The van der Waals surface area contributed by atoms with Crippen LogP contribution in [0.2, 0.25) is 23.3 Å². The second-order valence-corrected chi connectivity index (χ2v) is 13.8. The van der Waals surface area contributed by atoms with E-state index in [4.69, 9.17) is 20.8 Å². The Morgan fingerprint density at radius 3 is 2.68 bits per heavy atom. The van der Waals surface area contributed by atoms with Crippen LogP contribution in [0.3, 0.4) is 0 Å². The first kappa shape index (κ1) is 18.9. The Balaban J connectivity index is 1.85. The summed E-state index contributed by atoms with van der Waals surface area (Å²) in [7, 11) is -1.81. The van der Waals surface area contributed by atoms with Crippen LogP contribution in [0, 0.1) is 0 Å². The molecule has 0 radical (unpaired) electrons. The minimum Gasteiger partial charge on any atom is -0.488 e. The molecular weight excluding hydrogens is 354 g/mol. The van der Waals surface area contributed by atoms with Crippen molar-refractivity contribution in [2.75, 3.05) is 18.1 Å². The predicted octanol–water partition coefficient (Wildman–Crippen LogP) is 4.66. The normalized spacial score (nSPS) is 24.6. The highest BCUT2D eigenvalue weighted by molar-refractivity contribution is 6.74.